The van der Waals surface area contributed by atoms with Crippen molar-refractivity contribution in [3.63, 3.8) is 0 Å². The number of rotatable bonds is 2. The number of pyridine rings is 1. The first-order valence-electron chi connectivity index (χ1n) is 9.53. The van der Waals surface area contributed by atoms with Gasteiger partial charge < -0.3 is 20.9 Å². The summed E-state index contributed by atoms with van der Waals surface area (Å²) in [5.74, 6) is -0.528. The normalized spacial score (nSPS) is 19.2. The number of hydrogen-bond acceptors (Lipinski definition) is 5. The number of carbonyl (C=O) groups is 2. The van der Waals surface area contributed by atoms with E-state index in [1.165, 1.54) is 0 Å². The quantitative estimate of drug-likeness (QED) is 0.734. The van der Waals surface area contributed by atoms with E-state index >= 15 is 0 Å². The van der Waals surface area contributed by atoms with Gasteiger partial charge in [-0.05, 0) is 25.0 Å². The number of aromatic nitrogens is 1. The maximum Gasteiger partial charge on any atom is 0.252 e. The molecular weight excluding hydrogens is 358 g/mol. The Hall–Kier alpha value is -2.93. The first-order chi connectivity index (χ1) is 13.6. The summed E-state index contributed by atoms with van der Waals surface area (Å²) < 4.78 is 5.81. The number of nitrogens with one attached hydrogen (secondary N) is 1. The van der Waals surface area contributed by atoms with Gasteiger partial charge in [0.15, 0.2) is 6.10 Å². The molecule has 2 heterocycles. The molecule has 0 radical (unpaired) electrons. The maximum atomic E-state index is 12.9. The number of fused-ring (bicyclic) bond motifs is 4. The van der Waals surface area contributed by atoms with Gasteiger partial charge in [-0.1, -0.05) is 37.5 Å². The number of nitrogens with two attached hydrogens (primary N) is 1. The Morgan fingerprint density at radius 1 is 1.18 bits per heavy atom. The van der Waals surface area contributed by atoms with Gasteiger partial charge in [0.2, 0.25) is 5.91 Å². The Kier molecular flexibility index (Phi) is 6.60. The van der Waals surface area contributed by atoms with Crippen LogP contribution in [0, 0.1) is 0 Å². The highest BCUT2D eigenvalue weighted by Gasteiger charge is 2.26. The van der Waals surface area contributed by atoms with Crippen molar-refractivity contribution in [3.8, 4) is 17.0 Å². The van der Waals surface area contributed by atoms with Crippen molar-refractivity contribution >= 4 is 11.8 Å². The second-order valence-electron chi connectivity index (χ2n) is 6.90. The standard InChI is InChI=1S/C21H25N3O4/c22-20(26)19(25)17-9-3-1-2-6-12-28-14-10-11-23-18(13-14)15-7-4-5-8-16(15)21(27)24-17/h4-5,7-8,10-11,13,17,19,25H,1-3,6,9,12H2,(H2,22,26)(H,24,27)/t17-,19?/m0/s1. The number of amides is 2. The van der Waals surface area contributed by atoms with E-state index in [0.29, 0.717) is 35.6 Å². The lowest BCUT2D eigenvalue weighted by Crippen LogP contribution is -2.49. The average Bonchev–Trinajstić information content (AvgIpc) is 2.71. The number of carbonyl (C=O) groups excluding carboxylic acids is 2. The van der Waals surface area contributed by atoms with Crippen LogP contribution < -0.4 is 15.8 Å². The zero-order chi connectivity index (χ0) is 19.9. The highest BCUT2D eigenvalue weighted by molar-refractivity contribution is 6.01. The van der Waals surface area contributed by atoms with Crippen LogP contribution in [0.1, 0.15) is 42.5 Å². The Bertz CT molecular complexity index is 840. The smallest absolute Gasteiger partial charge is 0.252 e. The molecule has 4 N–H and O–H groups in total. The van der Waals surface area contributed by atoms with Crippen molar-refractivity contribution < 1.29 is 19.4 Å². The molecule has 0 saturated heterocycles. The van der Waals surface area contributed by atoms with Crippen LogP contribution in [0.25, 0.3) is 11.3 Å². The van der Waals surface area contributed by atoms with E-state index in [2.05, 4.69) is 10.3 Å². The summed E-state index contributed by atoms with van der Waals surface area (Å²) in [5.41, 5.74) is 6.93. The minimum Gasteiger partial charge on any atom is -0.493 e. The van der Waals surface area contributed by atoms with Gasteiger partial charge in [0.05, 0.1) is 18.3 Å². The molecule has 2 bridgehead atoms. The highest BCUT2D eigenvalue weighted by atomic mass is 16.5. The molecule has 2 amide bonds. The molecule has 148 valence electrons. The third-order valence-corrected chi connectivity index (χ3v) is 4.85. The number of benzene rings is 1. The minimum atomic E-state index is -1.43. The number of ether oxygens (including phenoxy) is 1. The van der Waals surface area contributed by atoms with E-state index in [-0.39, 0.29) is 5.91 Å². The lowest BCUT2D eigenvalue weighted by Gasteiger charge is -2.22. The molecule has 1 aliphatic rings. The molecule has 1 unspecified atom stereocenters. The van der Waals surface area contributed by atoms with Gasteiger partial charge in [-0.2, -0.15) is 0 Å². The summed E-state index contributed by atoms with van der Waals surface area (Å²) in [6.45, 7) is 0.593. The molecule has 3 rings (SSSR count). The summed E-state index contributed by atoms with van der Waals surface area (Å²) in [5, 5.41) is 12.9. The van der Waals surface area contributed by atoms with Crippen LogP contribution in [0.3, 0.4) is 0 Å². The Labute approximate surface area is 163 Å². The third-order valence-electron chi connectivity index (χ3n) is 4.85. The minimum absolute atomic E-state index is 0.385. The van der Waals surface area contributed by atoms with Crippen LogP contribution in [-0.2, 0) is 4.79 Å². The van der Waals surface area contributed by atoms with Gasteiger partial charge in [0.1, 0.15) is 5.75 Å². The van der Waals surface area contributed by atoms with Crippen molar-refractivity contribution in [2.75, 3.05) is 6.61 Å². The molecular formula is C21H25N3O4. The summed E-state index contributed by atoms with van der Waals surface area (Å²) >= 11 is 0. The molecule has 7 nitrogen and oxygen atoms in total. The predicted molar refractivity (Wildman–Crippen MR) is 105 cm³/mol. The van der Waals surface area contributed by atoms with Crippen LogP contribution >= 0.6 is 0 Å². The summed E-state index contributed by atoms with van der Waals surface area (Å²) in [4.78, 5) is 28.8. The molecule has 0 aliphatic carbocycles. The van der Waals surface area contributed by atoms with E-state index in [0.717, 1.165) is 25.7 Å². The number of nitrogens with zero attached hydrogens (tertiary/aromatic N) is 1. The lowest BCUT2D eigenvalue weighted by molar-refractivity contribution is -0.127. The second-order valence-corrected chi connectivity index (χ2v) is 6.90. The molecule has 1 aromatic carbocycles. The third kappa shape index (κ3) is 4.86. The summed E-state index contributed by atoms with van der Waals surface area (Å²) in [7, 11) is 0. The zero-order valence-electron chi connectivity index (χ0n) is 15.6. The lowest BCUT2D eigenvalue weighted by atomic mass is 9.99. The fourth-order valence-corrected chi connectivity index (χ4v) is 3.32. The van der Waals surface area contributed by atoms with Crippen LogP contribution in [0.15, 0.2) is 42.6 Å². The van der Waals surface area contributed by atoms with E-state index in [1.54, 1.807) is 30.5 Å². The number of aliphatic hydroxyl groups excluding tert-OH is 1. The van der Waals surface area contributed by atoms with E-state index in [1.807, 2.05) is 12.1 Å². The molecule has 0 spiro atoms. The molecule has 1 aromatic heterocycles. The van der Waals surface area contributed by atoms with Gasteiger partial charge in [-0.15, -0.1) is 0 Å². The van der Waals surface area contributed by atoms with Gasteiger partial charge in [0, 0.05) is 23.4 Å². The second kappa shape index (κ2) is 9.32. The van der Waals surface area contributed by atoms with E-state index in [9.17, 15) is 14.7 Å². The van der Waals surface area contributed by atoms with Crippen LogP contribution in [0.2, 0.25) is 0 Å². The summed E-state index contributed by atoms with van der Waals surface area (Å²) in [6, 6.07) is 9.94. The average molecular weight is 383 g/mol. The Morgan fingerprint density at radius 2 is 1.93 bits per heavy atom. The van der Waals surface area contributed by atoms with Crippen LogP contribution in [-0.4, -0.2) is 40.7 Å². The van der Waals surface area contributed by atoms with Gasteiger partial charge >= 0.3 is 0 Å². The number of hydrogen-bond donors (Lipinski definition) is 3. The number of aliphatic hydroxyl groups is 1. The molecule has 2 aromatic rings. The van der Waals surface area contributed by atoms with E-state index in [4.69, 9.17) is 10.5 Å². The van der Waals surface area contributed by atoms with Gasteiger partial charge in [-0.3, -0.25) is 14.6 Å². The maximum absolute atomic E-state index is 12.9. The van der Waals surface area contributed by atoms with Crippen LogP contribution in [0.4, 0.5) is 0 Å². The molecule has 0 saturated carbocycles. The first-order valence-corrected chi connectivity index (χ1v) is 9.53. The fourth-order valence-electron chi connectivity index (χ4n) is 3.32. The van der Waals surface area contributed by atoms with Gasteiger partial charge in [0.25, 0.3) is 5.91 Å². The van der Waals surface area contributed by atoms with Crippen LogP contribution in [0.5, 0.6) is 5.75 Å². The monoisotopic (exact) mass is 383 g/mol. The molecule has 7 heteroatoms. The SMILES string of the molecule is NC(=O)C(O)[C@@H]1CCCCCCOc2ccnc(c2)-c2ccccc2C(=O)N1. The van der Waals surface area contributed by atoms with Crippen molar-refractivity contribution in [1.82, 2.24) is 10.3 Å². The van der Waals surface area contributed by atoms with Crippen molar-refractivity contribution in [2.45, 2.75) is 44.2 Å². The molecule has 0 fully saturated rings. The van der Waals surface area contributed by atoms with Crippen molar-refractivity contribution in [3.05, 3.63) is 48.2 Å². The summed E-state index contributed by atoms with van der Waals surface area (Å²) in [6.07, 6.45) is 4.18. The first kappa shape index (κ1) is 19.8. The highest BCUT2D eigenvalue weighted by Crippen LogP contribution is 2.26. The van der Waals surface area contributed by atoms with Crippen molar-refractivity contribution in [1.29, 1.82) is 0 Å². The molecule has 28 heavy (non-hydrogen) atoms. The fraction of sp³-hybridized carbons (Fsp3) is 0.381. The Balaban J connectivity index is 1.96. The van der Waals surface area contributed by atoms with E-state index < -0.39 is 18.1 Å². The predicted octanol–water partition coefficient (Wildman–Crippen LogP) is 2.04. The molecule has 1 aliphatic heterocycles. The van der Waals surface area contributed by atoms with Gasteiger partial charge in [-0.25, -0.2) is 0 Å². The zero-order valence-corrected chi connectivity index (χ0v) is 15.6. The topological polar surface area (TPSA) is 115 Å². The largest absolute Gasteiger partial charge is 0.493 e. The molecule has 2 atom stereocenters. The van der Waals surface area contributed by atoms with Crippen molar-refractivity contribution in [2.24, 2.45) is 5.73 Å². The Morgan fingerprint density at radius 3 is 2.71 bits per heavy atom. The number of primary amides is 1.